The molecule has 0 radical (unpaired) electrons. The third-order valence-corrected chi connectivity index (χ3v) is 4.52. The highest BCUT2D eigenvalue weighted by Crippen LogP contribution is 2.24. The Morgan fingerprint density at radius 1 is 1.22 bits per heavy atom. The Balaban J connectivity index is 0.00000102. The molecule has 1 atom stereocenters. The van der Waals surface area contributed by atoms with Crippen LogP contribution in [0.2, 0.25) is 0 Å². The van der Waals surface area contributed by atoms with Crippen molar-refractivity contribution in [2.75, 3.05) is 18.4 Å². The lowest BCUT2D eigenvalue weighted by atomic mass is 10.0. The van der Waals surface area contributed by atoms with E-state index in [0.29, 0.717) is 12.0 Å². The van der Waals surface area contributed by atoms with Crippen LogP contribution in [-0.4, -0.2) is 43.6 Å². The molecule has 3 aromatic heterocycles. The monoisotopic (exact) mass is 368 g/mol. The van der Waals surface area contributed by atoms with Crippen molar-refractivity contribution in [3.8, 4) is 11.4 Å². The average molecular weight is 368 g/mol. The highest BCUT2D eigenvalue weighted by Gasteiger charge is 2.19. The number of fused-ring (bicyclic) bond motifs is 1. The first-order valence-corrected chi connectivity index (χ1v) is 9.51. The van der Waals surface area contributed by atoms with E-state index in [9.17, 15) is 5.11 Å². The number of aromatic nitrogens is 4. The van der Waals surface area contributed by atoms with Crippen molar-refractivity contribution in [2.24, 2.45) is 0 Å². The summed E-state index contributed by atoms with van der Waals surface area (Å²) in [7, 11) is 0. The summed E-state index contributed by atoms with van der Waals surface area (Å²) < 4.78 is 1.95. The van der Waals surface area contributed by atoms with Crippen LogP contribution in [-0.2, 0) is 5.60 Å². The fourth-order valence-corrected chi connectivity index (χ4v) is 3.06. The lowest BCUT2D eigenvalue weighted by Gasteiger charge is -2.18. The summed E-state index contributed by atoms with van der Waals surface area (Å²) in [6, 6.07) is 6.03. The van der Waals surface area contributed by atoms with Gasteiger partial charge in [-0.1, -0.05) is 19.9 Å². The molecule has 144 valence electrons. The number of anilines is 1. The SMILES string of the molecule is CC.CC(C)(O)c1ccc2ncc(-c3ccnc(NC4CCNC4)n3)n2c1. The van der Waals surface area contributed by atoms with Crippen molar-refractivity contribution in [1.82, 2.24) is 24.7 Å². The largest absolute Gasteiger partial charge is 0.386 e. The molecular formula is C20H28N6O. The zero-order chi connectivity index (χ0) is 19.4. The zero-order valence-electron chi connectivity index (χ0n) is 16.4. The Hall–Kier alpha value is -2.51. The number of hydrogen-bond acceptors (Lipinski definition) is 6. The molecule has 3 aromatic rings. The molecule has 27 heavy (non-hydrogen) atoms. The van der Waals surface area contributed by atoms with Crippen LogP contribution in [0.3, 0.4) is 0 Å². The molecule has 0 aliphatic carbocycles. The summed E-state index contributed by atoms with van der Waals surface area (Å²) in [6.45, 7) is 9.49. The average Bonchev–Trinajstić information content (AvgIpc) is 3.32. The maximum Gasteiger partial charge on any atom is 0.223 e. The molecular weight excluding hydrogens is 340 g/mol. The van der Waals surface area contributed by atoms with Crippen molar-refractivity contribution in [1.29, 1.82) is 0 Å². The Morgan fingerprint density at radius 2 is 2.04 bits per heavy atom. The minimum absolute atomic E-state index is 0.360. The van der Waals surface area contributed by atoms with Crippen LogP contribution in [0.1, 0.15) is 39.7 Å². The van der Waals surface area contributed by atoms with Gasteiger partial charge in [0.15, 0.2) is 0 Å². The van der Waals surface area contributed by atoms with Crippen LogP contribution in [0.25, 0.3) is 17.0 Å². The van der Waals surface area contributed by atoms with Gasteiger partial charge in [-0.3, -0.25) is 4.40 Å². The van der Waals surface area contributed by atoms with Gasteiger partial charge < -0.3 is 15.7 Å². The van der Waals surface area contributed by atoms with Gasteiger partial charge in [-0.2, -0.15) is 0 Å². The zero-order valence-corrected chi connectivity index (χ0v) is 16.4. The van der Waals surface area contributed by atoms with E-state index in [2.05, 4.69) is 25.6 Å². The molecule has 0 saturated carbocycles. The van der Waals surface area contributed by atoms with Crippen molar-refractivity contribution >= 4 is 11.6 Å². The van der Waals surface area contributed by atoms with Gasteiger partial charge in [0.2, 0.25) is 5.95 Å². The van der Waals surface area contributed by atoms with Gasteiger partial charge in [-0.05, 0) is 44.5 Å². The molecule has 1 fully saturated rings. The van der Waals surface area contributed by atoms with E-state index in [1.54, 1.807) is 26.2 Å². The first-order valence-electron chi connectivity index (χ1n) is 9.51. The lowest BCUT2D eigenvalue weighted by molar-refractivity contribution is 0.0781. The number of aliphatic hydroxyl groups is 1. The maximum absolute atomic E-state index is 10.3. The molecule has 3 N–H and O–H groups in total. The molecule has 1 aliphatic rings. The predicted octanol–water partition coefficient (Wildman–Crippen LogP) is 2.82. The van der Waals surface area contributed by atoms with Crippen molar-refractivity contribution in [3.63, 3.8) is 0 Å². The number of nitrogens with zero attached hydrogens (tertiary/aromatic N) is 4. The van der Waals surface area contributed by atoms with Crippen LogP contribution in [0.15, 0.2) is 36.8 Å². The normalized spacial score (nSPS) is 16.9. The summed E-state index contributed by atoms with van der Waals surface area (Å²) in [5.41, 5.74) is 2.39. The minimum atomic E-state index is -0.913. The van der Waals surface area contributed by atoms with Crippen LogP contribution < -0.4 is 10.6 Å². The van der Waals surface area contributed by atoms with Gasteiger partial charge in [0.1, 0.15) is 5.65 Å². The van der Waals surface area contributed by atoms with Crippen molar-refractivity contribution in [3.05, 3.63) is 42.4 Å². The maximum atomic E-state index is 10.3. The molecule has 1 aliphatic heterocycles. The molecule has 0 bridgehead atoms. The quantitative estimate of drug-likeness (QED) is 0.656. The number of hydrogen-bond donors (Lipinski definition) is 3. The van der Waals surface area contributed by atoms with Crippen LogP contribution in [0.4, 0.5) is 5.95 Å². The molecule has 7 nitrogen and oxygen atoms in total. The van der Waals surface area contributed by atoms with Crippen LogP contribution in [0, 0.1) is 0 Å². The minimum Gasteiger partial charge on any atom is -0.386 e. The Labute approximate surface area is 159 Å². The van der Waals surface area contributed by atoms with E-state index in [4.69, 9.17) is 0 Å². The molecule has 4 heterocycles. The summed E-state index contributed by atoms with van der Waals surface area (Å²) in [6.07, 6.45) is 6.53. The molecule has 0 spiro atoms. The second-order valence-electron chi connectivity index (χ2n) is 6.95. The summed E-state index contributed by atoms with van der Waals surface area (Å²) in [5.74, 6) is 0.625. The van der Waals surface area contributed by atoms with Crippen LogP contribution >= 0.6 is 0 Å². The fraction of sp³-hybridized carbons (Fsp3) is 0.450. The number of pyridine rings is 1. The number of nitrogens with one attached hydrogen (secondary N) is 2. The van der Waals surface area contributed by atoms with Gasteiger partial charge >= 0.3 is 0 Å². The highest BCUT2D eigenvalue weighted by atomic mass is 16.3. The number of imidazole rings is 1. The Morgan fingerprint density at radius 3 is 2.74 bits per heavy atom. The smallest absolute Gasteiger partial charge is 0.223 e. The van der Waals surface area contributed by atoms with E-state index in [1.807, 2.05) is 42.6 Å². The van der Waals surface area contributed by atoms with E-state index >= 15 is 0 Å². The van der Waals surface area contributed by atoms with Gasteiger partial charge in [0.25, 0.3) is 0 Å². The van der Waals surface area contributed by atoms with Gasteiger partial charge in [-0.15, -0.1) is 0 Å². The first-order chi connectivity index (χ1) is 13.0. The summed E-state index contributed by atoms with van der Waals surface area (Å²) >= 11 is 0. The van der Waals surface area contributed by atoms with Crippen LogP contribution in [0.5, 0.6) is 0 Å². The van der Waals surface area contributed by atoms with Gasteiger partial charge in [-0.25, -0.2) is 15.0 Å². The molecule has 4 rings (SSSR count). The van der Waals surface area contributed by atoms with Gasteiger partial charge in [0, 0.05) is 25.0 Å². The molecule has 0 aromatic carbocycles. The van der Waals surface area contributed by atoms with E-state index in [-0.39, 0.29) is 0 Å². The van der Waals surface area contributed by atoms with E-state index in [1.165, 1.54) is 0 Å². The molecule has 0 amide bonds. The fourth-order valence-electron chi connectivity index (χ4n) is 3.06. The van der Waals surface area contributed by atoms with Crippen molar-refractivity contribution in [2.45, 2.75) is 45.8 Å². The highest BCUT2D eigenvalue weighted by molar-refractivity contribution is 5.61. The molecule has 1 unspecified atom stereocenters. The third kappa shape index (κ3) is 4.26. The van der Waals surface area contributed by atoms with E-state index in [0.717, 1.165) is 42.1 Å². The first kappa shape index (κ1) is 19.3. The Kier molecular flexibility index (Phi) is 5.72. The summed E-state index contributed by atoms with van der Waals surface area (Å²) in [4.78, 5) is 13.4. The number of rotatable bonds is 4. The second kappa shape index (κ2) is 8.02. The third-order valence-electron chi connectivity index (χ3n) is 4.52. The lowest BCUT2D eigenvalue weighted by Crippen LogP contribution is -2.23. The molecule has 1 saturated heterocycles. The molecule has 7 heteroatoms. The van der Waals surface area contributed by atoms with Crippen molar-refractivity contribution < 1.29 is 5.11 Å². The van der Waals surface area contributed by atoms with Gasteiger partial charge in [0.05, 0.1) is 23.2 Å². The standard InChI is InChI=1S/C18H22N6O.C2H6/c1-18(2,25)12-3-4-16-21-10-15(24(16)11-12)14-6-8-20-17(23-14)22-13-5-7-19-9-13;1-2/h3-4,6,8,10-11,13,19,25H,5,7,9H2,1-2H3,(H,20,22,23);1-2H3. The predicted molar refractivity (Wildman–Crippen MR) is 108 cm³/mol. The van der Waals surface area contributed by atoms with E-state index < -0.39 is 5.60 Å². The summed E-state index contributed by atoms with van der Waals surface area (Å²) in [5, 5.41) is 17.0. The Bertz CT molecular complexity index is 893. The topological polar surface area (TPSA) is 87.4 Å². The second-order valence-corrected chi connectivity index (χ2v) is 6.95.